The van der Waals surface area contributed by atoms with Gasteiger partial charge in [-0.25, -0.2) is 4.98 Å². The monoisotopic (exact) mass is 282 g/mol. The summed E-state index contributed by atoms with van der Waals surface area (Å²) in [5.74, 6) is 2.18. The third-order valence-corrected chi connectivity index (χ3v) is 3.22. The smallest absolute Gasteiger partial charge is 0.126 e. The van der Waals surface area contributed by atoms with Gasteiger partial charge in [0, 0.05) is 6.20 Å². The largest absolute Gasteiger partial charge is 0.490 e. The highest BCUT2D eigenvalue weighted by Gasteiger charge is 2.16. The van der Waals surface area contributed by atoms with Gasteiger partial charge in [0.15, 0.2) is 0 Å². The maximum Gasteiger partial charge on any atom is 0.126 e. The van der Waals surface area contributed by atoms with Gasteiger partial charge in [0.25, 0.3) is 0 Å². The van der Waals surface area contributed by atoms with Crippen molar-refractivity contribution in [2.75, 3.05) is 11.9 Å². The number of nitrogens with one attached hydrogen (secondary N) is 1. The summed E-state index contributed by atoms with van der Waals surface area (Å²) in [6.45, 7) is 8.57. The van der Waals surface area contributed by atoms with Crippen LogP contribution in [0.15, 0.2) is 61.3 Å². The molecular weight excluding hydrogens is 260 g/mol. The van der Waals surface area contributed by atoms with E-state index in [-0.39, 0.29) is 6.04 Å². The third-order valence-electron chi connectivity index (χ3n) is 3.22. The summed E-state index contributed by atoms with van der Waals surface area (Å²) in [5.41, 5.74) is 1.19. The van der Waals surface area contributed by atoms with Gasteiger partial charge in [0.05, 0.1) is 6.04 Å². The van der Waals surface area contributed by atoms with Crippen molar-refractivity contribution in [3.8, 4) is 5.75 Å². The van der Waals surface area contributed by atoms with E-state index in [1.54, 1.807) is 12.3 Å². The van der Waals surface area contributed by atoms with Crippen LogP contribution in [0, 0.1) is 5.92 Å². The van der Waals surface area contributed by atoms with Crippen LogP contribution in [0.2, 0.25) is 0 Å². The van der Waals surface area contributed by atoms with E-state index in [4.69, 9.17) is 4.74 Å². The molecular formula is C18H22N2O. The van der Waals surface area contributed by atoms with Gasteiger partial charge < -0.3 is 10.1 Å². The van der Waals surface area contributed by atoms with Crippen LogP contribution >= 0.6 is 0 Å². The molecule has 0 radical (unpaired) electrons. The van der Waals surface area contributed by atoms with Crippen LogP contribution in [-0.2, 0) is 0 Å². The molecule has 0 aliphatic carbocycles. The maximum atomic E-state index is 5.61. The molecule has 1 atom stereocenters. The van der Waals surface area contributed by atoms with Gasteiger partial charge in [-0.15, -0.1) is 0 Å². The number of rotatable bonds is 7. The number of hydrogen-bond donors (Lipinski definition) is 1. The molecule has 0 amide bonds. The number of anilines is 1. The molecule has 1 heterocycles. The second-order valence-electron chi connectivity index (χ2n) is 5.25. The SMILES string of the molecule is C=CCOc1cccc(C(Nc2ccccn2)C(C)C)c1. The molecule has 1 unspecified atom stereocenters. The molecule has 1 aromatic carbocycles. The first-order chi connectivity index (χ1) is 10.2. The number of pyridine rings is 1. The first-order valence-electron chi connectivity index (χ1n) is 7.22. The third kappa shape index (κ3) is 4.35. The van der Waals surface area contributed by atoms with Crippen LogP contribution in [0.3, 0.4) is 0 Å². The zero-order valence-corrected chi connectivity index (χ0v) is 12.6. The van der Waals surface area contributed by atoms with E-state index in [1.807, 2.05) is 30.3 Å². The standard InChI is InChI=1S/C18H22N2O/c1-4-12-21-16-9-7-8-15(13-16)18(14(2)3)20-17-10-5-6-11-19-17/h4-11,13-14,18H,1,12H2,2-3H3,(H,19,20). The highest BCUT2D eigenvalue weighted by atomic mass is 16.5. The quantitative estimate of drug-likeness (QED) is 0.761. The lowest BCUT2D eigenvalue weighted by atomic mass is 9.96. The summed E-state index contributed by atoms with van der Waals surface area (Å²) in [5, 5.41) is 3.49. The van der Waals surface area contributed by atoms with E-state index in [0.29, 0.717) is 12.5 Å². The van der Waals surface area contributed by atoms with Crippen molar-refractivity contribution in [1.82, 2.24) is 4.98 Å². The zero-order valence-electron chi connectivity index (χ0n) is 12.6. The van der Waals surface area contributed by atoms with Crippen molar-refractivity contribution in [2.24, 2.45) is 5.92 Å². The Morgan fingerprint density at radius 2 is 2.10 bits per heavy atom. The van der Waals surface area contributed by atoms with Gasteiger partial charge in [-0.05, 0) is 35.7 Å². The minimum Gasteiger partial charge on any atom is -0.490 e. The zero-order chi connectivity index (χ0) is 15.1. The average Bonchev–Trinajstić information content (AvgIpc) is 2.51. The molecule has 0 fully saturated rings. The Labute approximate surface area is 126 Å². The van der Waals surface area contributed by atoms with Crippen molar-refractivity contribution in [1.29, 1.82) is 0 Å². The number of hydrogen-bond acceptors (Lipinski definition) is 3. The summed E-state index contributed by atoms with van der Waals surface area (Å²) >= 11 is 0. The van der Waals surface area contributed by atoms with E-state index in [2.05, 4.69) is 42.9 Å². The van der Waals surface area contributed by atoms with Crippen LogP contribution in [0.25, 0.3) is 0 Å². The van der Waals surface area contributed by atoms with E-state index in [1.165, 1.54) is 5.56 Å². The molecule has 1 aromatic heterocycles. The fraction of sp³-hybridized carbons (Fsp3) is 0.278. The summed E-state index contributed by atoms with van der Waals surface area (Å²) in [4.78, 5) is 4.34. The fourth-order valence-corrected chi connectivity index (χ4v) is 2.20. The molecule has 0 aliphatic rings. The molecule has 3 nitrogen and oxygen atoms in total. The lowest BCUT2D eigenvalue weighted by Crippen LogP contribution is -2.17. The minimum atomic E-state index is 0.187. The fourth-order valence-electron chi connectivity index (χ4n) is 2.20. The van der Waals surface area contributed by atoms with Crippen molar-refractivity contribution in [3.05, 3.63) is 66.9 Å². The Morgan fingerprint density at radius 1 is 1.24 bits per heavy atom. The van der Waals surface area contributed by atoms with Gasteiger partial charge in [-0.3, -0.25) is 0 Å². The number of ether oxygens (including phenoxy) is 1. The lowest BCUT2D eigenvalue weighted by Gasteiger charge is -2.24. The molecule has 0 saturated heterocycles. The highest BCUT2D eigenvalue weighted by molar-refractivity contribution is 5.40. The van der Waals surface area contributed by atoms with Crippen molar-refractivity contribution in [3.63, 3.8) is 0 Å². The lowest BCUT2D eigenvalue weighted by molar-refractivity contribution is 0.362. The van der Waals surface area contributed by atoms with Gasteiger partial charge in [0.1, 0.15) is 18.2 Å². The van der Waals surface area contributed by atoms with Crippen molar-refractivity contribution >= 4 is 5.82 Å². The number of benzene rings is 1. The van der Waals surface area contributed by atoms with Gasteiger partial charge in [0.2, 0.25) is 0 Å². The van der Waals surface area contributed by atoms with Crippen LogP contribution in [0.5, 0.6) is 5.75 Å². The highest BCUT2D eigenvalue weighted by Crippen LogP contribution is 2.28. The summed E-state index contributed by atoms with van der Waals surface area (Å²) in [6, 6.07) is 14.2. The first kappa shape index (κ1) is 15.1. The summed E-state index contributed by atoms with van der Waals surface area (Å²) < 4.78 is 5.61. The van der Waals surface area contributed by atoms with Crippen LogP contribution in [-0.4, -0.2) is 11.6 Å². The van der Waals surface area contributed by atoms with Crippen molar-refractivity contribution in [2.45, 2.75) is 19.9 Å². The van der Waals surface area contributed by atoms with Gasteiger partial charge >= 0.3 is 0 Å². The molecule has 0 spiro atoms. The Hall–Kier alpha value is -2.29. The molecule has 1 N–H and O–H groups in total. The Bertz CT molecular complexity index is 566. The number of aromatic nitrogens is 1. The molecule has 2 rings (SSSR count). The predicted molar refractivity (Wildman–Crippen MR) is 87.6 cm³/mol. The molecule has 2 aromatic rings. The van der Waals surface area contributed by atoms with Crippen molar-refractivity contribution < 1.29 is 4.74 Å². The predicted octanol–water partition coefficient (Wildman–Crippen LogP) is 4.46. The Morgan fingerprint density at radius 3 is 2.76 bits per heavy atom. The van der Waals surface area contributed by atoms with E-state index >= 15 is 0 Å². The summed E-state index contributed by atoms with van der Waals surface area (Å²) in [6.07, 6.45) is 3.54. The van der Waals surface area contributed by atoms with E-state index in [0.717, 1.165) is 11.6 Å². The topological polar surface area (TPSA) is 34.1 Å². The van der Waals surface area contributed by atoms with Crippen LogP contribution in [0.4, 0.5) is 5.82 Å². The normalized spacial score (nSPS) is 12.0. The average molecular weight is 282 g/mol. The molecule has 0 aliphatic heterocycles. The minimum absolute atomic E-state index is 0.187. The Balaban J connectivity index is 2.19. The van der Waals surface area contributed by atoms with E-state index in [9.17, 15) is 0 Å². The molecule has 0 saturated carbocycles. The van der Waals surface area contributed by atoms with Crippen LogP contribution in [0.1, 0.15) is 25.5 Å². The number of nitrogens with zero attached hydrogens (tertiary/aromatic N) is 1. The van der Waals surface area contributed by atoms with E-state index < -0.39 is 0 Å². The second-order valence-corrected chi connectivity index (χ2v) is 5.25. The van der Waals surface area contributed by atoms with Gasteiger partial charge in [-0.2, -0.15) is 0 Å². The summed E-state index contributed by atoms with van der Waals surface area (Å²) in [7, 11) is 0. The molecule has 3 heteroatoms. The molecule has 0 bridgehead atoms. The molecule has 110 valence electrons. The Kier molecular flexibility index (Phi) is 5.38. The van der Waals surface area contributed by atoms with Crippen LogP contribution < -0.4 is 10.1 Å². The molecule has 21 heavy (non-hydrogen) atoms. The first-order valence-corrected chi connectivity index (χ1v) is 7.22. The maximum absolute atomic E-state index is 5.61. The van der Waals surface area contributed by atoms with Gasteiger partial charge in [-0.1, -0.05) is 44.7 Å². The second kappa shape index (κ2) is 7.48.